The number of aryl methyl sites for hydroxylation is 1. The minimum Gasteiger partial charge on any atom is -0.325 e. The van der Waals surface area contributed by atoms with E-state index in [4.69, 9.17) is 17.3 Å². The van der Waals surface area contributed by atoms with Gasteiger partial charge in [-0.2, -0.15) is 0 Å². The zero-order valence-electron chi connectivity index (χ0n) is 10.1. The summed E-state index contributed by atoms with van der Waals surface area (Å²) in [5.74, 6) is 1.52. The minimum absolute atomic E-state index is 0.443. The lowest BCUT2D eigenvalue weighted by Gasteiger charge is -2.05. The van der Waals surface area contributed by atoms with Crippen molar-refractivity contribution in [2.24, 2.45) is 5.73 Å². The monoisotopic (exact) mass is 279 g/mol. The first-order chi connectivity index (χ1) is 8.67. The van der Waals surface area contributed by atoms with Crippen molar-refractivity contribution in [3.8, 4) is 0 Å². The highest BCUT2D eigenvalue weighted by Crippen LogP contribution is 2.24. The Kier molecular flexibility index (Phi) is 4.58. The summed E-state index contributed by atoms with van der Waals surface area (Å²) in [6.07, 6.45) is 0. The number of thioether (sulfide) groups is 1. The Labute approximate surface area is 116 Å². The molecule has 18 heavy (non-hydrogen) atoms. The van der Waals surface area contributed by atoms with E-state index in [2.05, 4.69) is 9.97 Å². The van der Waals surface area contributed by atoms with Crippen molar-refractivity contribution in [3.05, 3.63) is 52.6 Å². The zero-order valence-corrected chi connectivity index (χ0v) is 11.6. The molecule has 0 atom stereocenters. The van der Waals surface area contributed by atoms with Crippen molar-refractivity contribution in [2.45, 2.75) is 24.1 Å². The molecule has 2 N–H and O–H groups in total. The molecule has 0 aliphatic rings. The van der Waals surface area contributed by atoms with E-state index in [9.17, 15) is 0 Å². The van der Waals surface area contributed by atoms with Crippen LogP contribution in [0.4, 0.5) is 0 Å². The van der Waals surface area contributed by atoms with Gasteiger partial charge in [-0.05, 0) is 31.2 Å². The SMILES string of the molecule is Cc1cc(CN)nc(CSc2cccc(Cl)c2)n1. The van der Waals surface area contributed by atoms with Gasteiger partial charge in [-0.3, -0.25) is 0 Å². The number of hydrogen-bond acceptors (Lipinski definition) is 4. The first kappa shape index (κ1) is 13.3. The second-order valence-corrected chi connectivity index (χ2v) is 5.35. The third-order valence-corrected chi connectivity index (χ3v) is 3.55. The summed E-state index contributed by atoms with van der Waals surface area (Å²) < 4.78 is 0. The Bertz CT molecular complexity index is 546. The highest BCUT2D eigenvalue weighted by Gasteiger charge is 2.03. The maximum atomic E-state index is 5.94. The van der Waals surface area contributed by atoms with E-state index in [1.54, 1.807) is 11.8 Å². The third kappa shape index (κ3) is 3.70. The average Bonchev–Trinajstić information content (AvgIpc) is 2.36. The van der Waals surface area contributed by atoms with E-state index in [0.717, 1.165) is 32.9 Å². The van der Waals surface area contributed by atoms with Crippen molar-refractivity contribution in [3.63, 3.8) is 0 Å². The highest BCUT2D eigenvalue weighted by molar-refractivity contribution is 7.98. The van der Waals surface area contributed by atoms with Gasteiger partial charge in [0.05, 0.1) is 11.4 Å². The van der Waals surface area contributed by atoms with Gasteiger partial charge in [-0.1, -0.05) is 17.7 Å². The smallest absolute Gasteiger partial charge is 0.139 e. The zero-order chi connectivity index (χ0) is 13.0. The Hall–Kier alpha value is -1.10. The summed E-state index contributed by atoms with van der Waals surface area (Å²) in [4.78, 5) is 9.91. The van der Waals surface area contributed by atoms with Crippen molar-refractivity contribution in [2.75, 3.05) is 0 Å². The van der Waals surface area contributed by atoms with Gasteiger partial charge in [0.15, 0.2) is 0 Å². The Morgan fingerprint density at radius 1 is 1.28 bits per heavy atom. The standard InChI is InChI=1S/C13H14ClN3S/c1-9-5-11(7-15)17-13(16-9)8-18-12-4-2-3-10(14)6-12/h2-6H,7-8,15H2,1H3. The lowest BCUT2D eigenvalue weighted by molar-refractivity contribution is 0.900. The summed E-state index contributed by atoms with van der Waals surface area (Å²) in [7, 11) is 0. The molecular formula is C13H14ClN3S. The van der Waals surface area contributed by atoms with Crippen molar-refractivity contribution in [1.29, 1.82) is 0 Å². The molecule has 1 heterocycles. The van der Waals surface area contributed by atoms with Crippen molar-refractivity contribution >= 4 is 23.4 Å². The number of benzene rings is 1. The van der Waals surface area contributed by atoms with Crippen LogP contribution in [-0.4, -0.2) is 9.97 Å². The number of hydrogen-bond donors (Lipinski definition) is 1. The van der Waals surface area contributed by atoms with E-state index in [1.165, 1.54) is 0 Å². The summed E-state index contributed by atoms with van der Waals surface area (Å²) in [5, 5.41) is 0.743. The molecule has 0 saturated carbocycles. The van der Waals surface area contributed by atoms with Gasteiger partial charge in [0.1, 0.15) is 5.82 Å². The maximum absolute atomic E-state index is 5.94. The molecule has 0 spiro atoms. The van der Waals surface area contributed by atoms with Gasteiger partial charge in [-0.25, -0.2) is 9.97 Å². The number of rotatable bonds is 4. The molecule has 5 heteroatoms. The molecule has 0 saturated heterocycles. The van der Waals surface area contributed by atoms with Gasteiger partial charge in [0, 0.05) is 22.2 Å². The summed E-state index contributed by atoms with van der Waals surface area (Å²) in [6.45, 7) is 2.40. The molecule has 2 rings (SSSR count). The van der Waals surface area contributed by atoms with E-state index in [-0.39, 0.29) is 0 Å². The van der Waals surface area contributed by atoms with Gasteiger partial charge in [0.2, 0.25) is 0 Å². The molecule has 0 fully saturated rings. The van der Waals surface area contributed by atoms with Crippen molar-refractivity contribution < 1.29 is 0 Å². The van der Waals surface area contributed by atoms with Crippen LogP contribution in [0.3, 0.4) is 0 Å². The Morgan fingerprint density at radius 3 is 2.83 bits per heavy atom. The normalized spacial score (nSPS) is 10.6. The maximum Gasteiger partial charge on any atom is 0.139 e. The van der Waals surface area contributed by atoms with Crippen LogP contribution in [-0.2, 0) is 12.3 Å². The molecule has 0 aliphatic carbocycles. The van der Waals surface area contributed by atoms with Gasteiger partial charge >= 0.3 is 0 Å². The molecule has 1 aromatic heterocycles. The van der Waals surface area contributed by atoms with Crippen LogP contribution in [0.25, 0.3) is 0 Å². The summed E-state index contributed by atoms with van der Waals surface area (Å²) in [5.41, 5.74) is 7.43. The van der Waals surface area contributed by atoms with E-state index in [1.807, 2.05) is 37.3 Å². The fourth-order valence-corrected chi connectivity index (χ4v) is 2.64. The van der Waals surface area contributed by atoms with Gasteiger partial charge in [-0.15, -0.1) is 11.8 Å². The molecule has 2 aromatic rings. The molecule has 0 bridgehead atoms. The topological polar surface area (TPSA) is 51.8 Å². The molecule has 0 amide bonds. The fraction of sp³-hybridized carbons (Fsp3) is 0.231. The third-order valence-electron chi connectivity index (χ3n) is 2.33. The number of aromatic nitrogens is 2. The Balaban J connectivity index is 2.08. The molecule has 3 nitrogen and oxygen atoms in total. The lowest BCUT2D eigenvalue weighted by atomic mass is 10.3. The molecule has 0 radical (unpaired) electrons. The van der Waals surface area contributed by atoms with Crippen LogP contribution in [0.15, 0.2) is 35.2 Å². The quantitative estimate of drug-likeness (QED) is 0.874. The molecule has 94 valence electrons. The average molecular weight is 280 g/mol. The molecule has 0 aliphatic heterocycles. The van der Waals surface area contributed by atoms with E-state index >= 15 is 0 Å². The van der Waals surface area contributed by atoms with Crippen LogP contribution in [0.1, 0.15) is 17.2 Å². The largest absolute Gasteiger partial charge is 0.325 e. The van der Waals surface area contributed by atoms with E-state index < -0.39 is 0 Å². The summed E-state index contributed by atoms with van der Waals surface area (Å²) >= 11 is 7.60. The van der Waals surface area contributed by atoms with Gasteiger partial charge < -0.3 is 5.73 Å². The summed E-state index contributed by atoms with van der Waals surface area (Å²) in [6, 6.07) is 9.67. The minimum atomic E-state index is 0.443. The lowest BCUT2D eigenvalue weighted by Crippen LogP contribution is -2.04. The molecule has 0 unspecified atom stereocenters. The Morgan fingerprint density at radius 2 is 2.11 bits per heavy atom. The van der Waals surface area contributed by atoms with Crippen LogP contribution in [0.2, 0.25) is 5.02 Å². The second kappa shape index (κ2) is 6.18. The van der Waals surface area contributed by atoms with Crippen LogP contribution < -0.4 is 5.73 Å². The van der Waals surface area contributed by atoms with Crippen LogP contribution in [0, 0.1) is 6.92 Å². The molecular weight excluding hydrogens is 266 g/mol. The predicted molar refractivity (Wildman–Crippen MR) is 75.7 cm³/mol. The van der Waals surface area contributed by atoms with Crippen LogP contribution in [0.5, 0.6) is 0 Å². The van der Waals surface area contributed by atoms with Crippen molar-refractivity contribution in [1.82, 2.24) is 9.97 Å². The second-order valence-electron chi connectivity index (χ2n) is 3.87. The number of nitrogens with zero attached hydrogens (tertiary/aromatic N) is 2. The van der Waals surface area contributed by atoms with Crippen LogP contribution >= 0.6 is 23.4 Å². The van der Waals surface area contributed by atoms with E-state index in [0.29, 0.717) is 6.54 Å². The predicted octanol–water partition coefficient (Wildman–Crippen LogP) is 3.19. The number of nitrogens with two attached hydrogens (primary N) is 1. The highest BCUT2D eigenvalue weighted by atomic mass is 35.5. The first-order valence-electron chi connectivity index (χ1n) is 5.59. The first-order valence-corrected chi connectivity index (χ1v) is 6.95. The fourth-order valence-electron chi connectivity index (χ4n) is 1.57. The molecule has 1 aromatic carbocycles. The number of halogens is 1. The van der Waals surface area contributed by atoms with Gasteiger partial charge in [0.25, 0.3) is 0 Å².